The summed E-state index contributed by atoms with van der Waals surface area (Å²) in [4.78, 5) is 9.20. The van der Waals surface area contributed by atoms with Crippen LogP contribution in [0.4, 0.5) is 0 Å². The van der Waals surface area contributed by atoms with Crippen molar-refractivity contribution in [3.8, 4) is 22.8 Å². The van der Waals surface area contributed by atoms with Gasteiger partial charge in [-0.3, -0.25) is 0 Å². The van der Waals surface area contributed by atoms with E-state index in [2.05, 4.69) is 15.7 Å². The number of nitrogens with zero attached hydrogens (tertiary/aromatic N) is 2. The Morgan fingerprint density at radius 1 is 1.00 bits per heavy atom. The first kappa shape index (κ1) is 15.0. The summed E-state index contributed by atoms with van der Waals surface area (Å²) in [5.41, 5.74) is 2.96. The molecule has 3 rings (SSSR count). The Morgan fingerprint density at radius 2 is 1.77 bits per heavy atom. The summed E-state index contributed by atoms with van der Waals surface area (Å²) in [6, 6.07) is 5.77. The molecule has 0 unspecified atom stereocenters. The fourth-order valence-electron chi connectivity index (χ4n) is 2.14. The van der Waals surface area contributed by atoms with Gasteiger partial charge in [0, 0.05) is 28.1 Å². The molecular weight excluding hydrogens is 316 g/mol. The van der Waals surface area contributed by atoms with Gasteiger partial charge in [0.1, 0.15) is 16.5 Å². The molecule has 0 amide bonds. The van der Waals surface area contributed by atoms with Crippen molar-refractivity contribution < 1.29 is 9.47 Å². The number of aryl methyl sites for hydroxylation is 1. The van der Waals surface area contributed by atoms with Crippen molar-refractivity contribution in [1.82, 2.24) is 9.97 Å². The molecule has 114 valence electrons. The summed E-state index contributed by atoms with van der Waals surface area (Å²) < 4.78 is 10.7. The zero-order chi connectivity index (χ0) is 15.5. The summed E-state index contributed by atoms with van der Waals surface area (Å²) in [6.45, 7) is 2.01. The molecule has 0 aliphatic heterocycles. The third-order valence-corrected chi connectivity index (χ3v) is 5.02. The van der Waals surface area contributed by atoms with Crippen molar-refractivity contribution >= 4 is 22.7 Å². The Kier molecular flexibility index (Phi) is 4.40. The van der Waals surface area contributed by atoms with Crippen LogP contribution in [0.2, 0.25) is 0 Å². The molecule has 0 radical (unpaired) electrons. The predicted octanol–water partition coefficient (Wildman–Crippen LogP) is 4.18. The Balaban J connectivity index is 1.87. The topological polar surface area (TPSA) is 44.2 Å². The molecular formula is C16H16N2O2S2. The van der Waals surface area contributed by atoms with E-state index in [0.29, 0.717) is 0 Å². The molecule has 1 aromatic carbocycles. The Morgan fingerprint density at radius 3 is 2.45 bits per heavy atom. The highest BCUT2D eigenvalue weighted by Gasteiger charge is 2.12. The van der Waals surface area contributed by atoms with Crippen molar-refractivity contribution in [2.45, 2.75) is 13.3 Å². The molecule has 22 heavy (non-hydrogen) atoms. The summed E-state index contributed by atoms with van der Waals surface area (Å²) in [6.07, 6.45) is 0.779. The summed E-state index contributed by atoms with van der Waals surface area (Å²) in [5.74, 6) is 1.54. The lowest BCUT2D eigenvalue weighted by Gasteiger charge is -2.08. The summed E-state index contributed by atoms with van der Waals surface area (Å²) in [7, 11) is 3.30. The van der Waals surface area contributed by atoms with Gasteiger partial charge in [-0.25, -0.2) is 9.97 Å². The van der Waals surface area contributed by atoms with Gasteiger partial charge >= 0.3 is 0 Å². The van der Waals surface area contributed by atoms with Crippen molar-refractivity contribution in [3.05, 3.63) is 44.7 Å². The molecule has 2 heterocycles. The Hall–Kier alpha value is -1.92. The minimum absolute atomic E-state index is 0.765. The molecule has 0 saturated carbocycles. The number of hydrogen-bond acceptors (Lipinski definition) is 6. The van der Waals surface area contributed by atoms with E-state index < -0.39 is 0 Å². The molecule has 0 N–H and O–H groups in total. The summed E-state index contributed by atoms with van der Waals surface area (Å²) in [5, 5.41) is 6.28. The van der Waals surface area contributed by atoms with E-state index in [-0.39, 0.29) is 0 Å². The molecule has 2 aromatic heterocycles. The Labute approximate surface area is 137 Å². The van der Waals surface area contributed by atoms with Gasteiger partial charge in [0.15, 0.2) is 0 Å². The molecule has 0 aliphatic carbocycles. The average molecular weight is 332 g/mol. The van der Waals surface area contributed by atoms with Crippen molar-refractivity contribution in [2.75, 3.05) is 14.2 Å². The molecule has 3 aromatic rings. The number of methoxy groups -OCH3 is 2. The Bertz CT molecular complexity index is 780. The predicted molar refractivity (Wildman–Crippen MR) is 90.3 cm³/mol. The third kappa shape index (κ3) is 3.13. The van der Waals surface area contributed by atoms with Crippen LogP contribution in [0, 0.1) is 6.92 Å². The molecule has 6 heteroatoms. The van der Waals surface area contributed by atoms with Gasteiger partial charge in [-0.2, -0.15) is 0 Å². The monoisotopic (exact) mass is 332 g/mol. The number of hydrogen-bond donors (Lipinski definition) is 0. The molecule has 4 nitrogen and oxygen atoms in total. The van der Waals surface area contributed by atoms with Crippen LogP contribution in [0.1, 0.15) is 15.7 Å². The smallest absolute Gasteiger partial charge is 0.131 e. The second-order valence-corrected chi connectivity index (χ2v) is 6.64. The highest BCUT2D eigenvalue weighted by atomic mass is 32.1. The van der Waals surface area contributed by atoms with Gasteiger partial charge in [-0.15, -0.1) is 22.7 Å². The van der Waals surface area contributed by atoms with Crippen LogP contribution in [0.15, 0.2) is 29.0 Å². The highest BCUT2D eigenvalue weighted by Crippen LogP contribution is 2.34. The first-order valence-corrected chi connectivity index (χ1v) is 8.53. The number of thiazole rings is 2. The van der Waals surface area contributed by atoms with E-state index in [1.54, 1.807) is 36.9 Å². The van der Waals surface area contributed by atoms with E-state index in [1.165, 1.54) is 0 Å². The van der Waals surface area contributed by atoms with Crippen LogP contribution < -0.4 is 9.47 Å². The molecule has 0 spiro atoms. The normalized spacial score (nSPS) is 10.7. The molecule has 0 fully saturated rings. The van der Waals surface area contributed by atoms with Crippen molar-refractivity contribution in [1.29, 1.82) is 0 Å². The van der Waals surface area contributed by atoms with Gasteiger partial charge in [-0.05, 0) is 19.1 Å². The maximum atomic E-state index is 5.45. The number of aromatic nitrogens is 2. The van der Waals surface area contributed by atoms with Crippen LogP contribution in [-0.4, -0.2) is 24.2 Å². The largest absolute Gasteiger partial charge is 0.497 e. The zero-order valence-corrected chi connectivity index (χ0v) is 14.3. The lowest BCUT2D eigenvalue weighted by molar-refractivity contribution is 0.395. The first-order valence-electron chi connectivity index (χ1n) is 6.77. The summed E-state index contributed by atoms with van der Waals surface area (Å²) >= 11 is 3.32. The molecule has 0 aliphatic rings. The van der Waals surface area contributed by atoms with Crippen LogP contribution in [0.5, 0.6) is 11.5 Å². The van der Waals surface area contributed by atoms with E-state index in [0.717, 1.165) is 44.9 Å². The van der Waals surface area contributed by atoms with Crippen molar-refractivity contribution in [3.63, 3.8) is 0 Å². The fourth-order valence-corrected chi connectivity index (χ4v) is 3.81. The number of benzene rings is 1. The van der Waals surface area contributed by atoms with Crippen LogP contribution in [0.3, 0.4) is 0 Å². The molecule has 0 atom stereocenters. The van der Waals surface area contributed by atoms with Gasteiger partial charge < -0.3 is 9.47 Å². The minimum atomic E-state index is 0.765. The first-order chi connectivity index (χ1) is 10.7. The maximum Gasteiger partial charge on any atom is 0.131 e. The van der Waals surface area contributed by atoms with Crippen LogP contribution in [0.25, 0.3) is 11.3 Å². The number of rotatable bonds is 5. The minimum Gasteiger partial charge on any atom is -0.497 e. The SMILES string of the molecule is COc1ccc(-c2csc(Cc3nc(C)cs3)n2)c(OC)c1. The van der Waals surface area contributed by atoms with E-state index in [4.69, 9.17) is 14.5 Å². The standard InChI is InChI=1S/C16H16N2O2S2/c1-10-8-21-15(17-10)7-16-18-13(9-22-16)12-5-4-11(19-2)6-14(12)20-3/h4-6,8-9H,7H2,1-3H3. The zero-order valence-electron chi connectivity index (χ0n) is 12.6. The van der Waals surface area contributed by atoms with Gasteiger partial charge in [0.25, 0.3) is 0 Å². The van der Waals surface area contributed by atoms with Crippen LogP contribution >= 0.6 is 22.7 Å². The lowest BCUT2D eigenvalue weighted by Crippen LogP contribution is -1.91. The van der Waals surface area contributed by atoms with Crippen molar-refractivity contribution in [2.24, 2.45) is 0 Å². The van der Waals surface area contributed by atoms with Gasteiger partial charge in [-0.1, -0.05) is 0 Å². The molecule has 0 bridgehead atoms. The van der Waals surface area contributed by atoms with E-state index in [1.807, 2.05) is 25.1 Å². The van der Waals surface area contributed by atoms with E-state index >= 15 is 0 Å². The quantitative estimate of drug-likeness (QED) is 0.703. The highest BCUT2D eigenvalue weighted by molar-refractivity contribution is 7.11. The van der Waals surface area contributed by atoms with Gasteiger partial charge in [0.05, 0.1) is 31.3 Å². The molecule has 0 saturated heterocycles. The third-order valence-electron chi connectivity index (χ3n) is 3.21. The van der Waals surface area contributed by atoms with Gasteiger partial charge in [0.2, 0.25) is 0 Å². The number of ether oxygens (including phenoxy) is 2. The lowest BCUT2D eigenvalue weighted by atomic mass is 10.1. The maximum absolute atomic E-state index is 5.45. The van der Waals surface area contributed by atoms with Crippen LogP contribution in [-0.2, 0) is 6.42 Å². The second kappa shape index (κ2) is 6.46. The second-order valence-electron chi connectivity index (χ2n) is 4.75. The average Bonchev–Trinajstić information content (AvgIpc) is 3.16. The fraction of sp³-hybridized carbons (Fsp3) is 0.250. The van der Waals surface area contributed by atoms with E-state index in [9.17, 15) is 0 Å².